The fourth-order valence-corrected chi connectivity index (χ4v) is 7.37. The van der Waals surface area contributed by atoms with Crippen molar-refractivity contribution in [2.45, 2.75) is 20.8 Å². The fraction of sp³-hybridized carbons (Fsp3) is 0.138. The van der Waals surface area contributed by atoms with Gasteiger partial charge in [0.15, 0.2) is 5.70 Å². The Morgan fingerprint density at radius 2 is 1.32 bits per heavy atom. The van der Waals surface area contributed by atoms with E-state index in [2.05, 4.69) is 36.4 Å². The van der Waals surface area contributed by atoms with Crippen LogP contribution in [0.25, 0.3) is 6.08 Å². The summed E-state index contributed by atoms with van der Waals surface area (Å²) in [6, 6.07) is 32.5. The van der Waals surface area contributed by atoms with Crippen LogP contribution < -0.4 is 15.9 Å². The predicted octanol–water partition coefficient (Wildman–Crippen LogP) is 5.98. The Kier molecular flexibility index (Phi) is 7.30. The summed E-state index contributed by atoms with van der Waals surface area (Å²) < 4.78 is 16.6. The summed E-state index contributed by atoms with van der Waals surface area (Å²) in [5, 5.41) is 3.15. The maximum absolute atomic E-state index is 13.2. The summed E-state index contributed by atoms with van der Waals surface area (Å²) in [4.78, 5) is 13.2. The van der Waals surface area contributed by atoms with Crippen molar-refractivity contribution in [1.82, 2.24) is 0 Å². The molecular weight excluding hydrogens is 441 g/mol. The van der Waals surface area contributed by atoms with E-state index < -0.39 is 13.0 Å². The topological polar surface area (TPSA) is 51.8 Å². The van der Waals surface area contributed by atoms with Gasteiger partial charge in [-0.1, -0.05) is 91.0 Å². The zero-order chi connectivity index (χ0) is 24.0. The number of carbonyl (C=O) groups is 1. The second kappa shape index (κ2) is 10.5. The number of rotatable bonds is 7. The van der Waals surface area contributed by atoms with E-state index in [1.807, 2.05) is 74.5 Å². The quantitative estimate of drug-likeness (QED) is 0.190. The average molecular weight is 470 g/mol. The second-order valence-corrected chi connectivity index (χ2v) is 10.9. The van der Waals surface area contributed by atoms with Gasteiger partial charge in [0.25, 0.3) is 0 Å². The van der Waals surface area contributed by atoms with E-state index in [-0.39, 0.29) is 12.3 Å². The van der Waals surface area contributed by atoms with Gasteiger partial charge < -0.3 is 9.15 Å². The zero-order valence-corrected chi connectivity index (χ0v) is 20.5. The van der Waals surface area contributed by atoms with E-state index in [1.54, 1.807) is 13.0 Å². The molecule has 0 aliphatic rings. The van der Waals surface area contributed by atoms with E-state index in [0.717, 1.165) is 27.2 Å². The summed E-state index contributed by atoms with van der Waals surface area (Å²) in [5.74, 6) is 0.917. The number of hydrogen-bond acceptors (Lipinski definition) is 4. The maximum atomic E-state index is 13.2. The molecule has 0 aliphatic heterocycles. The highest BCUT2D eigenvalue weighted by atomic mass is 31.2. The van der Waals surface area contributed by atoms with Gasteiger partial charge in [-0.2, -0.15) is 0 Å². The molecule has 34 heavy (non-hydrogen) atoms. The minimum atomic E-state index is -2.61. The van der Waals surface area contributed by atoms with Crippen molar-refractivity contribution in [3.8, 4) is 0 Å². The molecule has 1 aromatic heterocycles. The first-order chi connectivity index (χ1) is 16.5. The van der Waals surface area contributed by atoms with Crippen molar-refractivity contribution in [3.63, 3.8) is 0 Å². The minimum Gasteiger partial charge on any atom is -0.462 e. The van der Waals surface area contributed by atoms with Crippen LogP contribution >= 0.6 is 7.05 Å². The van der Waals surface area contributed by atoms with Crippen LogP contribution in [0.1, 0.15) is 24.0 Å². The zero-order valence-electron chi connectivity index (χ0n) is 19.6. The molecule has 0 bridgehead atoms. The fourth-order valence-electron chi connectivity index (χ4n) is 3.85. The number of aryl methyl sites for hydroxylation is 2. The molecular formula is C29H28NO3P. The van der Waals surface area contributed by atoms with Crippen LogP contribution in [-0.2, 0) is 9.53 Å². The van der Waals surface area contributed by atoms with Gasteiger partial charge in [-0.15, -0.1) is 0 Å². The minimum absolute atomic E-state index is 0.237. The molecule has 0 unspecified atom stereocenters. The molecule has 0 atom stereocenters. The van der Waals surface area contributed by atoms with Gasteiger partial charge in [-0.3, -0.25) is 0 Å². The van der Waals surface area contributed by atoms with Crippen LogP contribution in [0.5, 0.6) is 0 Å². The summed E-state index contributed by atoms with van der Waals surface area (Å²) in [7, 11) is -2.61. The van der Waals surface area contributed by atoms with Gasteiger partial charge in [0, 0.05) is 22.0 Å². The van der Waals surface area contributed by atoms with Crippen molar-refractivity contribution in [3.05, 3.63) is 120 Å². The van der Waals surface area contributed by atoms with Crippen LogP contribution in [0.15, 0.2) is 112 Å². The highest BCUT2D eigenvalue weighted by molar-refractivity contribution is 7.87. The molecule has 0 amide bonds. The number of carbonyl (C=O) groups excluding carboxylic acids is 1. The van der Waals surface area contributed by atoms with E-state index in [9.17, 15) is 4.79 Å². The Bertz CT molecular complexity index is 1220. The molecule has 4 aromatic rings. The van der Waals surface area contributed by atoms with Gasteiger partial charge in [0.2, 0.25) is 0 Å². The summed E-state index contributed by atoms with van der Waals surface area (Å²) in [5.41, 5.74) is 1.25. The molecule has 3 aromatic carbocycles. The molecule has 0 aliphatic carbocycles. The lowest BCUT2D eigenvalue weighted by molar-refractivity contribution is -0.138. The number of furan rings is 1. The Hall–Kier alpha value is -3.62. The van der Waals surface area contributed by atoms with Crippen molar-refractivity contribution >= 4 is 35.0 Å². The van der Waals surface area contributed by atoms with Crippen molar-refractivity contribution in [2.75, 3.05) is 6.61 Å². The Labute approximate surface area is 201 Å². The maximum Gasteiger partial charge on any atom is 0.356 e. The summed E-state index contributed by atoms with van der Waals surface area (Å²) >= 11 is 0. The normalized spacial score (nSPS) is 11.8. The summed E-state index contributed by atoms with van der Waals surface area (Å²) in [6.07, 6.45) is 1.70. The molecule has 0 spiro atoms. The molecule has 0 saturated heterocycles. The Morgan fingerprint density at radius 1 is 0.853 bits per heavy atom. The molecule has 0 N–H and O–H groups in total. The Morgan fingerprint density at radius 3 is 1.71 bits per heavy atom. The van der Waals surface area contributed by atoms with Crippen molar-refractivity contribution in [1.29, 1.82) is 0 Å². The number of esters is 1. The van der Waals surface area contributed by atoms with E-state index in [4.69, 9.17) is 13.9 Å². The molecule has 172 valence electrons. The number of nitrogens with zero attached hydrogens (tertiary/aromatic N) is 1. The van der Waals surface area contributed by atoms with Crippen LogP contribution in [-0.4, -0.2) is 12.6 Å². The third kappa shape index (κ3) is 4.83. The first-order valence-corrected chi connectivity index (χ1v) is 13.0. The molecule has 0 radical (unpaired) electrons. The standard InChI is InChI=1S/C29H28NO3P/c1-4-32-29(31)28(21-24-20-22(2)23(3)33-24)30-34(25-14-8-5-9-15-25,26-16-10-6-11-17-26)27-18-12-7-13-19-27/h5-21H,4H2,1-3H3/b28-21-. The SMILES string of the molecule is CCOC(=O)/C(=C/c1cc(C)c(C)o1)N=P(c1ccccc1)(c1ccccc1)c1ccccc1. The lowest BCUT2D eigenvalue weighted by Gasteiger charge is -2.27. The van der Waals surface area contributed by atoms with Crippen molar-refractivity contribution < 1.29 is 13.9 Å². The average Bonchev–Trinajstić information content (AvgIpc) is 3.20. The predicted molar refractivity (Wildman–Crippen MR) is 140 cm³/mol. The lowest BCUT2D eigenvalue weighted by atomic mass is 10.2. The van der Waals surface area contributed by atoms with Gasteiger partial charge in [-0.25, -0.2) is 9.54 Å². The van der Waals surface area contributed by atoms with E-state index >= 15 is 0 Å². The molecule has 0 saturated carbocycles. The Balaban J connectivity index is 2.10. The third-order valence-corrected chi connectivity index (χ3v) is 9.25. The van der Waals surface area contributed by atoms with Gasteiger partial charge >= 0.3 is 5.97 Å². The van der Waals surface area contributed by atoms with Crippen LogP contribution in [0.2, 0.25) is 0 Å². The molecule has 4 nitrogen and oxygen atoms in total. The lowest BCUT2D eigenvalue weighted by Crippen LogP contribution is -2.26. The molecule has 0 fully saturated rings. The van der Waals surface area contributed by atoms with Crippen LogP contribution in [0.4, 0.5) is 0 Å². The highest BCUT2D eigenvalue weighted by Crippen LogP contribution is 2.48. The first-order valence-electron chi connectivity index (χ1n) is 11.3. The molecule has 4 rings (SSSR count). The number of benzene rings is 3. The van der Waals surface area contributed by atoms with E-state index in [0.29, 0.717) is 5.76 Å². The van der Waals surface area contributed by atoms with E-state index in [1.165, 1.54) is 0 Å². The van der Waals surface area contributed by atoms with Crippen molar-refractivity contribution in [2.24, 2.45) is 4.74 Å². The number of ether oxygens (including phenoxy) is 1. The van der Waals surface area contributed by atoms with Gasteiger partial charge in [0.1, 0.15) is 11.5 Å². The molecule has 5 heteroatoms. The third-order valence-electron chi connectivity index (χ3n) is 5.60. The molecule has 1 heterocycles. The number of hydrogen-bond donors (Lipinski definition) is 0. The van der Waals surface area contributed by atoms with Crippen LogP contribution in [0.3, 0.4) is 0 Å². The van der Waals surface area contributed by atoms with Crippen LogP contribution in [0, 0.1) is 13.8 Å². The first kappa shape index (κ1) is 23.5. The monoisotopic (exact) mass is 469 g/mol. The van der Waals surface area contributed by atoms with Gasteiger partial charge in [-0.05, 0) is 32.4 Å². The summed E-state index contributed by atoms with van der Waals surface area (Å²) in [6.45, 7) is 5.94. The van der Waals surface area contributed by atoms with Gasteiger partial charge in [0.05, 0.1) is 13.7 Å². The largest absolute Gasteiger partial charge is 0.462 e. The second-order valence-electron chi connectivity index (χ2n) is 7.88. The smallest absolute Gasteiger partial charge is 0.356 e. The highest BCUT2D eigenvalue weighted by Gasteiger charge is 2.29.